The Kier molecular flexibility index (Phi) is 33.6. The molecule has 0 saturated carbocycles. The van der Waals surface area contributed by atoms with Gasteiger partial charge >= 0.3 is 36.2 Å². The van der Waals surface area contributed by atoms with Crippen LogP contribution in [-0.2, 0) is 44.4 Å². The third kappa shape index (κ3) is 20.5. The quantitative estimate of drug-likeness (QED) is 0.334. The molecular weight excluding hydrogens is 444 g/mol. The first-order chi connectivity index (χ1) is 13.3. The van der Waals surface area contributed by atoms with Crippen molar-refractivity contribution in [2.45, 2.75) is 24.9 Å². The predicted molar refractivity (Wildman–Crippen MR) is 105 cm³/mol. The van der Waals surface area contributed by atoms with E-state index in [1.807, 2.05) is 0 Å². The first-order valence-corrected chi connectivity index (χ1v) is 13.5. The Morgan fingerprint density at radius 3 is 0.857 bits per heavy atom. The van der Waals surface area contributed by atoms with Gasteiger partial charge in [-0.1, -0.05) is 0 Å². The van der Waals surface area contributed by atoms with Gasteiger partial charge < -0.3 is 38.0 Å². The molecule has 4 N–H and O–H groups in total. The third-order valence-corrected chi connectivity index (χ3v) is 8.90. The van der Waals surface area contributed by atoms with Crippen molar-refractivity contribution in [1.82, 2.24) is 0 Å². The first-order valence-electron chi connectivity index (χ1n) is 8.01. The van der Waals surface area contributed by atoms with Gasteiger partial charge in [-0.3, -0.25) is 17.8 Å². The third-order valence-electron chi connectivity index (χ3n) is 3.24. The number of hydrogen-bond donors (Lipinski definition) is 2. The molecule has 0 heterocycles. The van der Waals surface area contributed by atoms with Crippen molar-refractivity contribution in [3.8, 4) is 0 Å². The number of nitrogens with two attached hydrogens (primary N) is 2. The number of rotatable bonds is 12. The van der Waals surface area contributed by atoms with Gasteiger partial charge in [0.15, 0.2) is 0 Å². The van der Waals surface area contributed by atoms with Gasteiger partial charge in [-0.2, -0.15) is 0 Å². The molecule has 0 aliphatic rings. The maximum Gasteiger partial charge on any atom is 0.549 e. The Morgan fingerprint density at radius 1 is 0.571 bits per heavy atom. The Hall–Kier alpha value is -0.252. The zero-order chi connectivity index (χ0) is 22.9. The van der Waals surface area contributed by atoms with Crippen molar-refractivity contribution in [1.29, 1.82) is 0 Å². The molecule has 168 valence electrons. The topological polar surface area (TPSA) is 176 Å². The van der Waals surface area contributed by atoms with E-state index in [4.69, 9.17) is 55.9 Å². The van der Waals surface area contributed by atoms with Crippen LogP contribution in [0.15, 0.2) is 0 Å². The van der Waals surface area contributed by atoms with Gasteiger partial charge in [-0.25, -0.2) is 0 Å². The van der Waals surface area contributed by atoms with Crippen molar-refractivity contribution in [2.75, 3.05) is 55.7 Å². The van der Waals surface area contributed by atoms with Crippen molar-refractivity contribution < 1.29 is 44.4 Å². The minimum Gasteiger partial charge on any atom is -0.377 e. The molecule has 0 spiro atoms. The summed E-state index contributed by atoms with van der Waals surface area (Å²) in [5.74, 6) is 0. The summed E-state index contributed by atoms with van der Waals surface area (Å²) in [4.78, 5) is 0. The largest absolute Gasteiger partial charge is 0.549 e. The monoisotopic (exact) mass is 478 g/mol. The van der Waals surface area contributed by atoms with Crippen LogP contribution in [-0.4, -0.2) is 91.9 Å². The summed E-state index contributed by atoms with van der Waals surface area (Å²) in [5.41, 5.74) is 10.7. The van der Waals surface area contributed by atoms with Crippen molar-refractivity contribution >= 4 is 36.2 Å². The van der Waals surface area contributed by atoms with Crippen LogP contribution < -0.4 is 11.5 Å². The molecule has 0 aliphatic carbocycles. The van der Waals surface area contributed by atoms with Crippen LogP contribution in [0.3, 0.4) is 0 Å². The van der Waals surface area contributed by atoms with E-state index in [1.54, 1.807) is 42.7 Å². The SMILES string of the molecule is CO[Si](CCCN)(OC)OC.CO[Si](CCCN)(OC)OC.O=[Si]=O.O=[Si]=O. The van der Waals surface area contributed by atoms with Gasteiger partial charge in [0.2, 0.25) is 0 Å². The average Bonchev–Trinajstić information content (AvgIpc) is 2.73. The Bertz CT molecular complexity index is 336. The summed E-state index contributed by atoms with van der Waals surface area (Å²) in [7, 11) is 2.17. The second kappa shape index (κ2) is 26.7. The summed E-state index contributed by atoms with van der Waals surface area (Å²) in [6, 6.07) is 1.57. The summed E-state index contributed by atoms with van der Waals surface area (Å²) in [6.07, 6.45) is 1.75. The van der Waals surface area contributed by atoms with Gasteiger partial charge in [0.05, 0.1) is 0 Å². The van der Waals surface area contributed by atoms with E-state index in [-0.39, 0.29) is 0 Å². The van der Waals surface area contributed by atoms with Gasteiger partial charge in [0.1, 0.15) is 0 Å². The summed E-state index contributed by atoms with van der Waals surface area (Å²) >= 11 is 0. The lowest BCUT2D eigenvalue weighted by molar-refractivity contribution is 0.122. The van der Waals surface area contributed by atoms with Crippen molar-refractivity contribution in [3.63, 3.8) is 0 Å². The second-order valence-corrected chi connectivity index (χ2v) is 11.1. The standard InChI is InChI=1S/2C6H17NO3Si.2O2Si/c2*1-8-11(9-2,10-3)6-4-5-7;2*1-3-2/h2*4-7H2,1-3H3;;. The zero-order valence-corrected chi connectivity index (χ0v) is 21.5. The summed E-state index contributed by atoms with van der Waals surface area (Å²) in [5, 5.41) is 0. The van der Waals surface area contributed by atoms with E-state index < -0.39 is 36.2 Å². The van der Waals surface area contributed by atoms with E-state index in [1.165, 1.54) is 0 Å². The summed E-state index contributed by atoms with van der Waals surface area (Å²) in [6.45, 7) is 1.29. The molecule has 0 unspecified atom stereocenters. The minimum atomic E-state index is -2.32. The maximum atomic E-state index is 8.40. The second-order valence-electron chi connectivity index (χ2n) is 4.54. The van der Waals surface area contributed by atoms with Crippen LogP contribution in [0.5, 0.6) is 0 Å². The van der Waals surface area contributed by atoms with Crippen LogP contribution in [0.4, 0.5) is 0 Å². The van der Waals surface area contributed by atoms with E-state index in [2.05, 4.69) is 0 Å². The molecule has 0 bridgehead atoms. The molecule has 0 amide bonds. The fourth-order valence-electron chi connectivity index (χ4n) is 1.75. The molecule has 0 radical (unpaired) electrons. The highest BCUT2D eigenvalue weighted by Gasteiger charge is 2.37. The smallest absolute Gasteiger partial charge is 0.377 e. The molecule has 0 aromatic carbocycles. The van der Waals surface area contributed by atoms with Crippen LogP contribution in [0.25, 0.3) is 0 Å². The van der Waals surface area contributed by atoms with E-state index in [0.29, 0.717) is 13.1 Å². The highest BCUT2D eigenvalue weighted by atomic mass is 28.4. The van der Waals surface area contributed by atoms with Gasteiger partial charge in [0.25, 0.3) is 0 Å². The highest BCUT2D eigenvalue weighted by Crippen LogP contribution is 2.14. The molecular formula is C12H34N2O10Si4. The van der Waals surface area contributed by atoms with E-state index >= 15 is 0 Å². The Labute approximate surface area is 173 Å². The molecule has 0 atom stereocenters. The predicted octanol–water partition coefficient (Wildman–Crippen LogP) is -0.810. The highest BCUT2D eigenvalue weighted by molar-refractivity contribution is 6.60. The van der Waals surface area contributed by atoms with Crippen molar-refractivity contribution in [3.05, 3.63) is 0 Å². The lowest BCUT2D eigenvalue weighted by atomic mass is 10.5. The van der Waals surface area contributed by atoms with Crippen LogP contribution in [0.1, 0.15) is 12.8 Å². The van der Waals surface area contributed by atoms with Crippen molar-refractivity contribution in [2.24, 2.45) is 11.5 Å². The average molecular weight is 479 g/mol. The lowest BCUT2D eigenvalue weighted by Crippen LogP contribution is -2.42. The molecule has 16 heteroatoms. The van der Waals surface area contributed by atoms with Crippen LogP contribution >= 0.6 is 0 Å². The Morgan fingerprint density at radius 2 is 0.750 bits per heavy atom. The van der Waals surface area contributed by atoms with Crippen LogP contribution in [0.2, 0.25) is 12.1 Å². The van der Waals surface area contributed by atoms with Gasteiger partial charge in [-0.15, -0.1) is 0 Å². The lowest BCUT2D eigenvalue weighted by Gasteiger charge is -2.23. The van der Waals surface area contributed by atoms with Gasteiger partial charge in [0, 0.05) is 54.7 Å². The zero-order valence-electron chi connectivity index (χ0n) is 17.5. The molecule has 28 heavy (non-hydrogen) atoms. The van der Waals surface area contributed by atoms with Crippen LogP contribution in [0, 0.1) is 0 Å². The van der Waals surface area contributed by atoms with E-state index in [0.717, 1.165) is 24.9 Å². The number of hydrogen-bond acceptors (Lipinski definition) is 12. The minimum absolute atomic E-state index is 0.644. The van der Waals surface area contributed by atoms with Gasteiger partial charge in [-0.05, 0) is 25.9 Å². The molecule has 0 aromatic heterocycles. The molecule has 0 aromatic rings. The molecule has 0 saturated heterocycles. The summed E-state index contributed by atoms with van der Waals surface area (Å²) < 4.78 is 64.7. The molecule has 0 aliphatic heterocycles. The maximum absolute atomic E-state index is 8.40. The molecule has 0 fully saturated rings. The fraction of sp³-hybridized carbons (Fsp3) is 1.00. The molecule has 0 rings (SSSR count). The molecule has 12 nitrogen and oxygen atoms in total. The fourth-order valence-corrected chi connectivity index (χ4v) is 5.25. The first kappa shape index (κ1) is 35.2. The Balaban J connectivity index is -0.000000160. The van der Waals surface area contributed by atoms with E-state index in [9.17, 15) is 0 Å². The normalized spacial score (nSPS) is 10.0.